The molecule has 1 aromatic carbocycles. The molecule has 25 heavy (non-hydrogen) atoms. The normalized spacial score (nSPS) is 16.4. The number of hydrogen-bond donors (Lipinski definition) is 1. The Kier molecular flexibility index (Phi) is 4.70. The Labute approximate surface area is 146 Å². The Morgan fingerprint density at radius 3 is 2.92 bits per heavy atom. The molecule has 128 valence electrons. The quantitative estimate of drug-likeness (QED) is 0.749. The van der Waals surface area contributed by atoms with E-state index < -0.39 is 0 Å². The molecule has 0 spiro atoms. The Morgan fingerprint density at radius 2 is 2.08 bits per heavy atom. The van der Waals surface area contributed by atoms with E-state index in [1.165, 1.54) is 5.56 Å². The van der Waals surface area contributed by atoms with Crippen LogP contribution in [0.25, 0.3) is 0 Å². The van der Waals surface area contributed by atoms with Gasteiger partial charge in [-0.05, 0) is 30.2 Å². The molecule has 4 rings (SSSR count). The topological polar surface area (TPSA) is 64.9 Å². The molecule has 3 heterocycles. The van der Waals surface area contributed by atoms with Gasteiger partial charge in [0.2, 0.25) is 0 Å². The summed E-state index contributed by atoms with van der Waals surface area (Å²) in [5, 5.41) is 7.87. The highest BCUT2D eigenvalue weighted by Crippen LogP contribution is 2.15. The number of pyridine rings is 1. The summed E-state index contributed by atoms with van der Waals surface area (Å²) in [5.74, 6) is 1.96. The first-order chi connectivity index (χ1) is 12.4. The number of fused-ring (bicyclic) bond motifs is 1. The molecule has 1 unspecified atom stereocenters. The van der Waals surface area contributed by atoms with Crippen molar-refractivity contribution in [2.24, 2.45) is 0 Å². The standard InChI is InChI=1S/C19H21N5O/c1-2-16(10-20-9-1)13-25-18-6-3-15(4-7-18)11-21-17-5-8-19-22-14-23-24(19)12-17/h1-4,6-7,9-10,14,17,21H,5,8,11-13H2. The molecule has 6 nitrogen and oxygen atoms in total. The number of rotatable bonds is 6. The van der Waals surface area contributed by atoms with Gasteiger partial charge >= 0.3 is 0 Å². The van der Waals surface area contributed by atoms with Crippen LogP contribution in [0.5, 0.6) is 5.75 Å². The second kappa shape index (κ2) is 7.44. The number of benzene rings is 1. The minimum absolute atomic E-state index is 0.440. The molecule has 2 aromatic heterocycles. The highest BCUT2D eigenvalue weighted by molar-refractivity contribution is 5.27. The summed E-state index contributed by atoms with van der Waals surface area (Å²) in [6.45, 7) is 2.27. The van der Waals surface area contributed by atoms with Crippen LogP contribution in [-0.4, -0.2) is 25.8 Å². The van der Waals surface area contributed by atoms with E-state index in [-0.39, 0.29) is 0 Å². The predicted octanol–water partition coefficient (Wildman–Crippen LogP) is 2.36. The van der Waals surface area contributed by atoms with Crippen LogP contribution in [-0.2, 0) is 26.1 Å². The first-order valence-corrected chi connectivity index (χ1v) is 8.57. The molecule has 0 bridgehead atoms. The van der Waals surface area contributed by atoms with Gasteiger partial charge in [0.1, 0.15) is 24.5 Å². The van der Waals surface area contributed by atoms with Gasteiger partial charge in [-0.3, -0.25) is 4.98 Å². The molecule has 1 aliphatic heterocycles. The van der Waals surface area contributed by atoms with Crippen molar-refractivity contribution >= 4 is 0 Å². The molecule has 1 aliphatic rings. The third-order valence-corrected chi connectivity index (χ3v) is 4.45. The van der Waals surface area contributed by atoms with Crippen LogP contribution >= 0.6 is 0 Å². The van der Waals surface area contributed by atoms with Crippen molar-refractivity contribution in [1.29, 1.82) is 0 Å². The predicted molar refractivity (Wildman–Crippen MR) is 94.0 cm³/mol. The van der Waals surface area contributed by atoms with Crippen molar-refractivity contribution in [3.63, 3.8) is 0 Å². The number of aromatic nitrogens is 4. The van der Waals surface area contributed by atoms with Crippen LogP contribution in [0, 0.1) is 0 Å². The van der Waals surface area contributed by atoms with Gasteiger partial charge in [-0.2, -0.15) is 5.10 Å². The van der Waals surface area contributed by atoms with E-state index in [9.17, 15) is 0 Å². The summed E-state index contributed by atoms with van der Waals surface area (Å²) in [5.41, 5.74) is 2.32. The third kappa shape index (κ3) is 4.03. The zero-order valence-electron chi connectivity index (χ0n) is 14.0. The average molecular weight is 335 g/mol. The highest BCUT2D eigenvalue weighted by Gasteiger charge is 2.18. The number of ether oxygens (including phenoxy) is 1. The summed E-state index contributed by atoms with van der Waals surface area (Å²) in [6.07, 6.45) is 7.32. The van der Waals surface area contributed by atoms with Gasteiger partial charge in [-0.15, -0.1) is 0 Å². The van der Waals surface area contributed by atoms with Gasteiger partial charge in [-0.25, -0.2) is 9.67 Å². The van der Waals surface area contributed by atoms with Gasteiger partial charge in [0.05, 0.1) is 6.54 Å². The molecule has 0 amide bonds. The lowest BCUT2D eigenvalue weighted by atomic mass is 10.1. The van der Waals surface area contributed by atoms with E-state index in [2.05, 4.69) is 32.5 Å². The van der Waals surface area contributed by atoms with Crippen molar-refractivity contribution < 1.29 is 4.74 Å². The molecular formula is C19H21N5O. The largest absolute Gasteiger partial charge is 0.489 e. The van der Waals surface area contributed by atoms with Crippen molar-refractivity contribution in [2.45, 2.75) is 38.6 Å². The van der Waals surface area contributed by atoms with E-state index in [4.69, 9.17) is 4.74 Å². The molecule has 0 radical (unpaired) electrons. The molecule has 0 aliphatic carbocycles. The van der Waals surface area contributed by atoms with Gasteiger partial charge in [0.15, 0.2) is 0 Å². The number of hydrogen-bond acceptors (Lipinski definition) is 5. The monoisotopic (exact) mass is 335 g/mol. The Balaban J connectivity index is 1.26. The summed E-state index contributed by atoms with van der Waals surface area (Å²) in [7, 11) is 0. The molecular weight excluding hydrogens is 314 g/mol. The number of nitrogens with one attached hydrogen (secondary N) is 1. The SMILES string of the molecule is c1cncc(COc2ccc(CNC3CCc4ncnn4C3)cc2)c1. The van der Waals surface area contributed by atoms with E-state index in [0.717, 1.165) is 43.1 Å². The number of aryl methyl sites for hydroxylation is 1. The average Bonchev–Trinajstić information content (AvgIpc) is 3.14. The maximum atomic E-state index is 5.79. The first-order valence-electron chi connectivity index (χ1n) is 8.57. The Bertz CT molecular complexity index is 800. The van der Waals surface area contributed by atoms with Crippen molar-refractivity contribution in [3.05, 3.63) is 72.1 Å². The zero-order valence-corrected chi connectivity index (χ0v) is 14.0. The Morgan fingerprint density at radius 1 is 1.16 bits per heavy atom. The van der Waals surface area contributed by atoms with Crippen LogP contribution in [0.3, 0.4) is 0 Å². The molecule has 0 saturated heterocycles. The molecule has 1 N–H and O–H groups in total. The summed E-state index contributed by atoms with van der Waals surface area (Å²) in [6, 6.07) is 12.6. The van der Waals surface area contributed by atoms with E-state index in [1.54, 1.807) is 12.5 Å². The molecule has 1 atom stereocenters. The summed E-state index contributed by atoms with van der Waals surface area (Å²) < 4.78 is 7.79. The third-order valence-electron chi connectivity index (χ3n) is 4.45. The maximum absolute atomic E-state index is 5.79. The Hall–Kier alpha value is -2.73. The first kappa shape index (κ1) is 15.8. The zero-order chi connectivity index (χ0) is 16.9. The van der Waals surface area contributed by atoms with Crippen molar-refractivity contribution in [1.82, 2.24) is 25.1 Å². The van der Waals surface area contributed by atoms with Gasteiger partial charge in [0, 0.05) is 37.0 Å². The van der Waals surface area contributed by atoms with Crippen LogP contribution in [0.1, 0.15) is 23.4 Å². The summed E-state index contributed by atoms with van der Waals surface area (Å²) in [4.78, 5) is 8.36. The van der Waals surface area contributed by atoms with Gasteiger partial charge in [-0.1, -0.05) is 18.2 Å². The fraction of sp³-hybridized carbons (Fsp3) is 0.316. The van der Waals surface area contributed by atoms with Crippen molar-refractivity contribution in [3.8, 4) is 5.75 Å². The van der Waals surface area contributed by atoms with Crippen LogP contribution in [0.2, 0.25) is 0 Å². The second-order valence-electron chi connectivity index (χ2n) is 6.27. The summed E-state index contributed by atoms with van der Waals surface area (Å²) >= 11 is 0. The fourth-order valence-electron chi connectivity index (χ4n) is 3.02. The van der Waals surface area contributed by atoms with E-state index in [1.807, 2.05) is 35.1 Å². The lowest BCUT2D eigenvalue weighted by Gasteiger charge is -2.23. The maximum Gasteiger partial charge on any atom is 0.138 e. The smallest absolute Gasteiger partial charge is 0.138 e. The van der Waals surface area contributed by atoms with Gasteiger partial charge in [0.25, 0.3) is 0 Å². The molecule has 3 aromatic rings. The van der Waals surface area contributed by atoms with Crippen LogP contribution in [0.15, 0.2) is 55.1 Å². The molecule has 0 fully saturated rings. The van der Waals surface area contributed by atoms with Crippen molar-refractivity contribution in [2.75, 3.05) is 0 Å². The van der Waals surface area contributed by atoms with E-state index in [0.29, 0.717) is 12.6 Å². The second-order valence-corrected chi connectivity index (χ2v) is 6.27. The number of nitrogens with zero attached hydrogens (tertiary/aromatic N) is 4. The van der Waals surface area contributed by atoms with Gasteiger partial charge < -0.3 is 10.1 Å². The van der Waals surface area contributed by atoms with Crippen LogP contribution < -0.4 is 10.1 Å². The minimum atomic E-state index is 0.440. The fourth-order valence-corrected chi connectivity index (χ4v) is 3.02. The molecule has 6 heteroatoms. The van der Waals surface area contributed by atoms with Crippen LogP contribution in [0.4, 0.5) is 0 Å². The lowest BCUT2D eigenvalue weighted by Crippen LogP contribution is -2.37. The highest BCUT2D eigenvalue weighted by atomic mass is 16.5. The molecule has 0 saturated carbocycles. The lowest BCUT2D eigenvalue weighted by molar-refractivity contribution is 0.305. The minimum Gasteiger partial charge on any atom is -0.489 e. The van der Waals surface area contributed by atoms with E-state index >= 15 is 0 Å².